The Kier molecular flexibility index (Phi) is 5.34. The van der Waals surface area contributed by atoms with Crippen LogP contribution < -0.4 is 5.73 Å². The summed E-state index contributed by atoms with van der Waals surface area (Å²) in [5, 5.41) is 0.147. The average molecular weight is 253 g/mol. The predicted molar refractivity (Wildman–Crippen MR) is 75.5 cm³/mol. The van der Waals surface area contributed by atoms with E-state index in [4.69, 9.17) is 5.73 Å². The standard InChI is InChI=1S/C14H23NOS/c1-5-12-6-8-13(9-7-12)14(15)11(4)17(16)10(2)3/h6-11,14H,5,15H2,1-4H3. The molecule has 0 radical (unpaired) electrons. The minimum Gasteiger partial charge on any atom is -0.323 e. The fourth-order valence-electron chi connectivity index (χ4n) is 1.82. The molecule has 0 aromatic heterocycles. The number of aryl methyl sites for hydroxylation is 1. The molecular formula is C14H23NOS. The fourth-order valence-corrected chi connectivity index (χ4v) is 3.13. The molecule has 3 heteroatoms. The Morgan fingerprint density at radius 2 is 1.71 bits per heavy atom. The molecule has 0 aliphatic carbocycles. The zero-order valence-electron chi connectivity index (χ0n) is 11.1. The lowest BCUT2D eigenvalue weighted by atomic mass is 10.0. The first-order valence-corrected chi connectivity index (χ1v) is 7.48. The van der Waals surface area contributed by atoms with Gasteiger partial charge in [-0.05, 0) is 24.5 Å². The second-order valence-electron chi connectivity index (χ2n) is 4.70. The van der Waals surface area contributed by atoms with Gasteiger partial charge in [-0.1, -0.05) is 45.0 Å². The molecule has 2 nitrogen and oxygen atoms in total. The maximum absolute atomic E-state index is 12.0. The average Bonchev–Trinajstić information content (AvgIpc) is 2.36. The molecule has 0 heterocycles. The van der Waals surface area contributed by atoms with E-state index >= 15 is 0 Å². The minimum atomic E-state index is -0.879. The molecule has 0 fully saturated rings. The number of hydrogen-bond acceptors (Lipinski definition) is 2. The monoisotopic (exact) mass is 253 g/mol. The lowest BCUT2D eigenvalue weighted by Crippen LogP contribution is -2.31. The van der Waals surface area contributed by atoms with E-state index < -0.39 is 10.8 Å². The van der Waals surface area contributed by atoms with Crippen LogP contribution in [0.5, 0.6) is 0 Å². The molecule has 3 unspecified atom stereocenters. The van der Waals surface area contributed by atoms with Crippen molar-refractivity contribution in [1.82, 2.24) is 0 Å². The maximum Gasteiger partial charge on any atom is 0.0515 e. The van der Waals surface area contributed by atoms with E-state index in [0.29, 0.717) is 0 Å². The maximum atomic E-state index is 12.0. The molecule has 17 heavy (non-hydrogen) atoms. The van der Waals surface area contributed by atoms with Crippen molar-refractivity contribution in [1.29, 1.82) is 0 Å². The van der Waals surface area contributed by atoms with E-state index in [2.05, 4.69) is 31.2 Å². The van der Waals surface area contributed by atoms with Crippen LogP contribution in [-0.2, 0) is 17.2 Å². The van der Waals surface area contributed by atoms with Gasteiger partial charge in [0.1, 0.15) is 0 Å². The summed E-state index contributed by atoms with van der Waals surface area (Å²) >= 11 is 0. The Morgan fingerprint density at radius 3 is 2.12 bits per heavy atom. The van der Waals surface area contributed by atoms with Crippen molar-refractivity contribution < 1.29 is 4.21 Å². The van der Waals surface area contributed by atoms with Gasteiger partial charge in [0.05, 0.1) is 5.25 Å². The first-order valence-electron chi connectivity index (χ1n) is 6.21. The minimum absolute atomic E-state index is 0.0116. The molecule has 0 amide bonds. The summed E-state index contributed by atoms with van der Waals surface area (Å²) in [5.41, 5.74) is 8.55. The molecule has 1 aromatic carbocycles. The number of rotatable bonds is 5. The summed E-state index contributed by atoms with van der Waals surface area (Å²) in [5.74, 6) is 0. The van der Waals surface area contributed by atoms with Gasteiger partial charge in [-0.25, -0.2) is 0 Å². The second-order valence-corrected chi connectivity index (χ2v) is 7.05. The molecular weight excluding hydrogens is 230 g/mol. The van der Waals surface area contributed by atoms with Crippen molar-refractivity contribution in [3.63, 3.8) is 0 Å². The van der Waals surface area contributed by atoms with E-state index in [1.807, 2.05) is 20.8 Å². The quantitative estimate of drug-likeness (QED) is 0.877. The Morgan fingerprint density at radius 1 is 1.18 bits per heavy atom. The van der Waals surface area contributed by atoms with Crippen molar-refractivity contribution in [2.24, 2.45) is 5.73 Å². The van der Waals surface area contributed by atoms with E-state index in [0.717, 1.165) is 12.0 Å². The van der Waals surface area contributed by atoms with Crippen molar-refractivity contribution in [2.45, 2.75) is 50.7 Å². The predicted octanol–water partition coefficient (Wildman–Crippen LogP) is 2.79. The highest BCUT2D eigenvalue weighted by Gasteiger charge is 2.22. The highest BCUT2D eigenvalue weighted by molar-refractivity contribution is 7.86. The van der Waals surface area contributed by atoms with E-state index in [1.165, 1.54) is 5.56 Å². The molecule has 1 aromatic rings. The van der Waals surface area contributed by atoms with Crippen molar-refractivity contribution in [3.8, 4) is 0 Å². The van der Waals surface area contributed by atoms with Gasteiger partial charge in [-0.15, -0.1) is 0 Å². The molecule has 0 saturated carbocycles. The van der Waals surface area contributed by atoms with Crippen LogP contribution in [0.1, 0.15) is 44.9 Å². The molecule has 0 aliphatic rings. The third-order valence-electron chi connectivity index (χ3n) is 3.11. The normalized spacial score (nSPS) is 16.8. The molecule has 3 atom stereocenters. The fraction of sp³-hybridized carbons (Fsp3) is 0.571. The van der Waals surface area contributed by atoms with E-state index in [-0.39, 0.29) is 16.5 Å². The lowest BCUT2D eigenvalue weighted by molar-refractivity contribution is 0.636. The van der Waals surface area contributed by atoms with Crippen LogP contribution in [0.15, 0.2) is 24.3 Å². The van der Waals surface area contributed by atoms with Crippen LogP contribution in [0.3, 0.4) is 0 Å². The van der Waals surface area contributed by atoms with Gasteiger partial charge in [0.2, 0.25) is 0 Å². The summed E-state index contributed by atoms with van der Waals surface area (Å²) < 4.78 is 12.0. The van der Waals surface area contributed by atoms with Crippen molar-refractivity contribution >= 4 is 10.8 Å². The van der Waals surface area contributed by atoms with Gasteiger partial charge in [0.15, 0.2) is 0 Å². The molecule has 0 aliphatic heterocycles. The second kappa shape index (κ2) is 6.31. The van der Waals surface area contributed by atoms with Gasteiger partial charge >= 0.3 is 0 Å². The Hall–Kier alpha value is -0.670. The van der Waals surface area contributed by atoms with E-state index in [9.17, 15) is 4.21 Å². The molecule has 0 saturated heterocycles. The first kappa shape index (κ1) is 14.4. The van der Waals surface area contributed by atoms with Crippen LogP contribution >= 0.6 is 0 Å². The lowest BCUT2D eigenvalue weighted by Gasteiger charge is -2.21. The highest BCUT2D eigenvalue weighted by atomic mass is 32.2. The van der Waals surface area contributed by atoms with Gasteiger partial charge in [-0.2, -0.15) is 0 Å². The number of hydrogen-bond donors (Lipinski definition) is 1. The van der Waals surface area contributed by atoms with Crippen LogP contribution in [0.25, 0.3) is 0 Å². The van der Waals surface area contributed by atoms with Crippen molar-refractivity contribution in [2.75, 3.05) is 0 Å². The molecule has 0 spiro atoms. The molecule has 2 N–H and O–H groups in total. The third-order valence-corrected chi connectivity index (χ3v) is 5.06. The molecule has 0 bridgehead atoms. The van der Waals surface area contributed by atoms with Gasteiger partial charge in [0.25, 0.3) is 0 Å². The van der Waals surface area contributed by atoms with Crippen LogP contribution in [-0.4, -0.2) is 14.7 Å². The first-order chi connectivity index (χ1) is 7.97. The molecule has 96 valence electrons. The van der Waals surface area contributed by atoms with Gasteiger partial charge < -0.3 is 5.73 Å². The summed E-state index contributed by atoms with van der Waals surface area (Å²) in [6, 6.07) is 8.15. The summed E-state index contributed by atoms with van der Waals surface area (Å²) in [6.45, 7) is 8.04. The molecule has 1 rings (SSSR count). The SMILES string of the molecule is CCc1ccc(C(N)C(C)S(=O)C(C)C)cc1. The highest BCUT2D eigenvalue weighted by Crippen LogP contribution is 2.20. The summed E-state index contributed by atoms with van der Waals surface area (Å²) in [7, 11) is -0.879. The Balaban J connectivity index is 2.81. The largest absolute Gasteiger partial charge is 0.323 e. The van der Waals surface area contributed by atoms with E-state index in [1.54, 1.807) is 0 Å². The Labute approximate surface area is 107 Å². The summed E-state index contributed by atoms with van der Waals surface area (Å²) in [4.78, 5) is 0. The van der Waals surface area contributed by atoms with Gasteiger partial charge in [0, 0.05) is 22.1 Å². The number of benzene rings is 1. The zero-order chi connectivity index (χ0) is 13.0. The zero-order valence-corrected chi connectivity index (χ0v) is 12.0. The Bertz CT molecular complexity index is 372. The van der Waals surface area contributed by atoms with Crippen LogP contribution in [0.2, 0.25) is 0 Å². The summed E-state index contributed by atoms with van der Waals surface area (Å²) in [6.07, 6.45) is 1.03. The van der Waals surface area contributed by atoms with Crippen molar-refractivity contribution in [3.05, 3.63) is 35.4 Å². The van der Waals surface area contributed by atoms with Crippen LogP contribution in [0.4, 0.5) is 0 Å². The van der Waals surface area contributed by atoms with Gasteiger partial charge in [-0.3, -0.25) is 4.21 Å². The topological polar surface area (TPSA) is 43.1 Å². The third kappa shape index (κ3) is 3.65. The van der Waals surface area contributed by atoms with Crippen LogP contribution in [0, 0.1) is 0 Å². The smallest absolute Gasteiger partial charge is 0.0515 e. The number of nitrogens with two attached hydrogens (primary N) is 1.